The predicted octanol–water partition coefficient (Wildman–Crippen LogP) is 4.30. The molecule has 1 saturated carbocycles. The Morgan fingerprint density at radius 1 is 1.08 bits per heavy atom. The van der Waals surface area contributed by atoms with E-state index in [1.54, 1.807) is 12.4 Å². The van der Waals surface area contributed by atoms with Crippen LogP contribution in [0.5, 0.6) is 5.75 Å². The maximum atomic E-state index is 5.87. The third kappa shape index (κ3) is 3.09. The normalized spacial score (nSPS) is 13.7. The van der Waals surface area contributed by atoms with Crippen molar-refractivity contribution in [2.75, 3.05) is 5.32 Å². The molecule has 0 unspecified atom stereocenters. The molecule has 1 fully saturated rings. The van der Waals surface area contributed by atoms with Crippen LogP contribution in [0.2, 0.25) is 0 Å². The van der Waals surface area contributed by atoms with Gasteiger partial charge in [-0.05, 0) is 49.2 Å². The number of hydrogen-bond donors (Lipinski definition) is 2. The van der Waals surface area contributed by atoms with Gasteiger partial charge in [-0.2, -0.15) is 5.10 Å². The molecule has 0 spiro atoms. The molecular formula is C20H17N5O. The van der Waals surface area contributed by atoms with Crippen molar-refractivity contribution >= 4 is 22.4 Å². The zero-order valence-electron chi connectivity index (χ0n) is 14.0. The van der Waals surface area contributed by atoms with E-state index < -0.39 is 0 Å². The zero-order valence-corrected chi connectivity index (χ0v) is 14.0. The molecule has 128 valence electrons. The molecule has 5 rings (SSSR count). The van der Waals surface area contributed by atoms with Crippen molar-refractivity contribution in [2.45, 2.75) is 18.9 Å². The van der Waals surface area contributed by atoms with Crippen LogP contribution in [0.4, 0.5) is 11.5 Å². The third-order valence-electron chi connectivity index (χ3n) is 4.29. The molecule has 0 bridgehead atoms. The summed E-state index contributed by atoms with van der Waals surface area (Å²) in [6, 6.07) is 15.8. The minimum absolute atomic E-state index is 0.372. The van der Waals surface area contributed by atoms with Gasteiger partial charge in [-0.1, -0.05) is 12.1 Å². The van der Waals surface area contributed by atoms with Crippen LogP contribution in [-0.2, 0) is 0 Å². The van der Waals surface area contributed by atoms with Gasteiger partial charge in [0.25, 0.3) is 0 Å². The molecule has 2 heterocycles. The molecule has 2 N–H and O–H groups in total. The topological polar surface area (TPSA) is 75.7 Å². The van der Waals surface area contributed by atoms with Gasteiger partial charge in [0, 0.05) is 22.8 Å². The lowest BCUT2D eigenvalue weighted by molar-refractivity contribution is 0.303. The van der Waals surface area contributed by atoms with Crippen LogP contribution in [0.15, 0.2) is 60.9 Å². The fourth-order valence-corrected chi connectivity index (χ4v) is 2.82. The number of ether oxygens (including phenoxy) is 1. The van der Waals surface area contributed by atoms with Gasteiger partial charge < -0.3 is 10.1 Å². The largest absolute Gasteiger partial charge is 0.490 e. The molecule has 4 aromatic rings. The van der Waals surface area contributed by atoms with Crippen molar-refractivity contribution in [3.8, 4) is 17.1 Å². The van der Waals surface area contributed by atoms with E-state index in [0.717, 1.165) is 46.6 Å². The molecule has 2 aromatic heterocycles. The summed E-state index contributed by atoms with van der Waals surface area (Å²) in [6.07, 6.45) is 6.21. The number of hydrogen-bond acceptors (Lipinski definition) is 5. The number of rotatable bonds is 5. The standard InChI is InChI=1S/C20H17N5O/c1-2-13(11-17(3-1)26-16-5-6-16)20-21-9-8-19(24-20)23-15-4-7-18-14(10-15)12-22-25-18/h1-4,7-12,16H,5-6H2,(H,22,25)(H,21,23,24). The average Bonchev–Trinajstić information content (AvgIpc) is 3.36. The van der Waals surface area contributed by atoms with Gasteiger partial charge in [0.05, 0.1) is 17.8 Å². The monoisotopic (exact) mass is 343 g/mol. The van der Waals surface area contributed by atoms with E-state index in [1.165, 1.54) is 0 Å². The third-order valence-corrected chi connectivity index (χ3v) is 4.29. The number of nitrogens with one attached hydrogen (secondary N) is 2. The number of nitrogens with zero attached hydrogens (tertiary/aromatic N) is 3. The maximum absolute atomic E-state index is 5.87. The highest BCUT2D eigenvalue weighted by molar-refractivity contribution is 5.82. The Morgan fingerprint density at radius 3 is 2.96 bits per heavy atom. The summed E-state index contributed by atoms with van der Waals surface area (Å²) in [5.74, 6) is 2.28. The van der Waals surface area contributed by atoms with E-state index in [2.05, 4.69) is 25.5 Å². The van der Waals surface area contributed by atoms with Crippen molar-refractivity contribution in [1.29, 1.82) is 0 Å². The van der Waals surface area contributed by atoms with Gasteiger partial charge in [-0.3, -0.25) is 5.10 Å². The fraction of sp³-hybridized carbons (Fsp3) is 0.150. The highest BCUT2D eigenvalue weighted by Crippen LogP contribution is 2.29. The SMILES string of the molecule is c1cc(OC2CC2)cc(-c2nccc(Nc3ccc4[nH]ncc4c3)n2)c1. The summed E-state index contributed by atoms with van der Waals surface area (Å²) in [4.78, 5) is 9.05. The minimum atomic E-state index is 0.372. The molecule has 26 heavy (non-hydrogen) atoms. The van der Waals surface area contributed by atoms with Crippen molar-refractivity contribution in [2.24, 2.45) is 0 Å². The Morgan fingerprint density at radius 2 is 2.04 bits per heavy atom. The predicted molar refractivity (Wildman–Crippen MR) is 100 cm³/mol. The summed E-state index contributed by atoms with van der Waals surface area (Å²) < 4.78 is 5.87. The van der Waals surface area contributed by atoms with E-state index in [-0.39, 0.29) is 0 Å². The fourth-order valence-electron chi connectivity index (χ4n) is 2.82. The summed E-state index contributed by atoms with van der Waals surface area (Å²) in [6.45, 7) is 0. The molecule has 6 nitrogen and oxygen atoms in total. The van der Waals surface area contributed by atoms with E-state index in [9.17, 15) is 0 Å². The molecule has 0 saturated heterocycles. The Labute approximate surface area is 150 Å². The molecule has 1 aliphatic carbocycles. The van der Waals surface area contributed by atoms with Gasteiger partial charge in [0.15, 0.2) is 5.82 Å². The first-order chi connectivity index (χ1) is 12.8. The molecule has 0 amide bonds. The molecule has 0 aliphatic heterocycles. The summed E-state index contributed by atoms with van der Waals surface area (Å²) in [5.41, 5.74) is 2.90. The van der Waals surface area contributed by atoms with Crippen LogP contribution >= 0.6 is 0 Å². The van der Waals surface area contributed by atoms with Crippen LogP contribution in [0.3, 0.4) is 0 Å². The highest BCUT2D eigenvalue weighted by atomic mass is 16.5. The number of aromatic nitrogens is 4. The molecule has 2 aromatic carbocycles. The van der Waals surface area contributed by atoms with Crippen molar-refractivity contribution in [3.05, 3.63) is 60.9 Å². The first-order valence-electron chi connectivity index (χ1n) is 8.64. The van der Waals surface area contributed by atoms with Gasteiger partial charge in [-0.25, -0.2) is 9.97 Å². The van der Waals surface area contributed by atoms with Crippen LogP contribution in [0, 0.1) is 0 Å². The number of aromatic amines is 1. The van der Waals surface area contributed by atoms with E-state index in [0.29, 0.717) is 11.9 Å². The smallest absolute Gasteiger partial charge is 0.161 e. The molecule has 1 aliphatic rings. The Hall–Kier alpha value is -3.41. The molecule has 0 radical (unpaired) electrons. The lowest BCUT2D eigenvalue weighted by Crippen LogP contribution is -1.98. The second-order valence-electron chi connectivity index (χ2n) is 6.41. The summed E-state index contributed by atoms with van der Waals surface area (Å²) >= 11 is 0. The molecular weight excluding hydrogens is 326 g/mol. The zero-order chi connectivity index (χ0) is 17.3. The van der Waals surface area contributed by atoms with Crippen molar-refractivity contribution in [1.82, 2.24) is 20.2 Å². The van der Waals surface area contributed by atoms with Crippen LogP contribution in [-0.4, -0.2) is 26.3 Å². The first-order valence-corrected chi connectivity index (χ1v) is 8.64. The van der Waals surface area contributed by atoms with E-state index in [1.807, 2.05) is 48.5 Å². The summed E-state index contributed by atoms with van der Waals surface area (Å²) in [5, 5.41) is 11.4. The number of fused-ring (bicyclic) bond motifs is 1. The molecule has 0 atom stereocenters. The maximum Gasteiger partial charge on any atom is 0.161 e. The number of benzene rings is 2. The van der Waals surface area contributed by atoms with Crippen LogP contribution in [0.1, 0.15) is 12.8 Å². The van der Waals surface area contributed by atoms with Crippen molar-refractivity contribution in [3.63, 3.8) is 0 Å². The minimum Gasteiger partial charge on any atom is -0.490 e. The van der Waals surface area contributed by atoms with E-state index in [4.69, 9.17) is 4.74 Å². The average molecular weight is 343 g/mol. The Balaban J connectivity index is 1.41. The van der Waals surface area contributed by atoms with Crippen molar-refractivity contribution < 1.29 is 4.74 Å². The van der Waals surface area contributed by atoms with E-state index >= 15 is 0 Å². The van der Waals surface area contributed by atoms with Gasteiger partial charge in [0.1, 0.15) is 11.6 Å². The first kappa shape index (κ1) is 14.9. The van der Waals surface area contributed by atoms with Gasteiger partial charge in [0.2, 0.25) is 0 Å². The van der Waals surface area contributed by atoms with Gasteiger partial charge in [-0.15, -0.1) is 0 Å². The highest BCUT2D eigenvalue weighted by Gasteiger charge is 2.23. The summed E-state index contributed by atoms with van der Waals surface area (Å²) in [7, 11) is 0. The lowest BCUT2D eigenvalue weighted by Gasteiger charge is -2.09. The molecule has 6 heteroatoms. The number of H-pyrrole nitrogens is 1. The quantitative estimate of drug-likeness (QED) is 0.565. The Bertz CT molecular complexity index is 1070. The Kier molecular flexibility index (Phi) is 3.52. The second kappa shape index (κ2) is 6.15. The second-order valence-corrected chi connectivity index (χ2v) is 6.41. The van der Waals surface area contributed by atoms with Gasteiger partial charge >= 0.3 is 0 Å². The number of anilines is 2. The lowest BCUT2D eigenvalue weighted by atomic mass is 10.2. The van der Waals surface area contributed by atoms with Crippen LogP contribution < -0.4 is 10.1 Å². The van der Waals surface area contributed by atoms with Crippen LogP contribution in [0.25, 0.3) is 22.3 Å².